The number of nitrogens with two attached hydrogens (primary N) is 3. The molecule has 1 aromatic rings. The minimum atomic E-state index is -0.193. The van der Waals surface area contributed by atoms with Crippen LogP contribution in [0.5, 0.6) is 0 Å². The summed E-state index contributed by atoms with van der Waals surface area (Å²) >= 11 is 0. The quantitative estimate of drug-likeness (QED) is 0.529. The number of benzene rings is 1. The van der Waals surface area contributed by atoms with Gasteiger partial charge in [0.25, 0.3) is 0 Å². The summed E-state index contributed by atoms with van der Waals surface area (Å²) in [6.45, 7) is 3.05. The largest absolute Gasteiger partial charge is 0.370 e. The van der Waals surface area contributed by atoms with Gasteiger partial charge in [-0.05, 0) is 30.5 Å². The van der Waals surface area contributed by atoms with Crippen LogP contribution in [0.15, 0.2) is 29.3 Å². The van der Waals surface area contributed by atoms with Crippen LogP contribution < -0.4 is 17.2 Å². The van der Waals surface area contributed by atoms with E-state index in [1.807, 2.05) is 12.1 Å². The first kappa shape index (κ1) is 15.3. The molecule has 1 saturated heterocycles. The van der Waals surface area contributed by atoms with E-state index >= 15 is 0 Å². The fourth-order valence-electron chi connectivity index (χ4n) is 2.70. The van der Waals surface area contributed by atoms with Crippen LogP contribution >= 0.6 is 0 Å². The molecule has 1 aliphatic heterocycles. The van der Waals surface area contributed by atoms with Crippen molar-refractivity contribution in [1.29, 1.82) is 0 Å². The third-order valence-corrected chi connectivity index (χ3v) is 3.75. The smallest absolute Gasteiger partial charge is 0.221 e. The van der Waals surface area contributed by atoms with Gasteiger partial charge >= 0.3 is 0 Å². The SMILES string of the molecule is NC(=O)C1CCCN(Cc2cccc(CN=C(N)N)c2)C1. The molecule has 0 radical (unpaired) electrons. The Morgan fingerprint density at radius 1 is 1.29 bits per heavy atom. The Bertz CT molecular complexity index is 525. The minimum absolute atomic E-state index is 0.0245. The molecule has 1 amide bonds. The molecular weight excluding hydrogens is 266 g/mol. The number of aliphatic imine (C=N–C) groups is 1. The van der Waals surface area contributed by atoms with Crippen LogP contribution in [0.3, 0.4) is 0 Å². The number of primary amides is 1. The maximum atomic E-state index is 11.3. The molecule has 6 nitrogen and oxygen atoms in total. The predicted octanol–water partition coefficient (Wildman–Crippen LogP) is 0.157. The number of guanidine groups is 1. The fraction of sp³-hybridized carbons (Fsp3) is 0.467. The highest BCUT2D eigenvalue weighted by molar-refractivity contribution is 5.77. The first-order valence-electron chi connectivity index (χ1n) is 7.19. The van der Waals surface area contributed by atoms with E-state index in [1.165, 1.54) is 5.56 Å². The molecule has 1 atom stereocenters. The lowest BCUT2D eigenvalue weighted by atomic mass is 9.97. The van der Waals surface area contributed by atoms with E-state index < -0.39 is 0 Å². The third kappa shape index (κ3) is 4.75. The van der Waals surface area contributed by atoms with Crippen LogP contribution in [0, 0.1) is 5.92 Å². The summed E-state index contributed by atoms with van der Waals surface area (Å²) in [5, 5.41) is 0. The predicted molar refractivity (Wildman–Crippen MR) is 83.2 cm³/mol. The normalized spacial score (nSPS) is 19.1. The van der Waals surface area contributed by atoms with Gasteiger partial charge in [0, 0.05) is 13.1 Å². The maximum Gasteiger partial charge on any atom is 0.221 e. The van der Waals surface area contributed by atoms with Crippen molar-refractivity contribution in [2.75, 3.05) is 13.1 Å². The van der Waals surface area contributed by atoms with E-state index in [0.717, 1.165) is 38.0 Å². The Morgan fingerprint density at radius 2 is 2.05 bits per heavy atom. The van der Waals surface area contributed by atoms with Gasteiger partial charge in [0.05, 0.1) is 12.5 Å². The average Bonchev–Trinajstić information content (AvgIpc) is 2.46. The van der Waals surface area contributed by atoms with Gasteiger partial charge in [0.1, 0.15) is 0 Å². The van der Waals surface area contributed by atoms with Crippen LogP contribution in [0.1, 0.15) is 24.0 Å². The first-order valence-corrected chi connectivity index (χ1v) is 7.19. The number of piperidine rings is 1. The fourth-order valence-corrected chi connectivity index (χ4v) is 2.70. The second-order valence-electron chi connectivity index (χ2n) is 5.54. The minimum Gasteiger partial charge on any atom is -0.370 e. The summed E-state index contributed by atoms with van der Waals surface area (Å²) < 4.78 is 0. The molecule has 1 unspecified atom stereocenters. The maximum absolute atomic E-state index is 11.3. The number of hydrogen-bond acceptors (Lipinski definition) is 3. The molecule has 1 aliphatic rings. The van der Waals surface area contributed by atoms with Crippen molar-refractivity contribution < 1.29 is 4.79 Å². The Balaban J connectivity index is 1.97. The molecule has 0 aliphatic carbocycles. The van der Waals surface area contributed by atoms with E-state index in [4.69, 9.17) is 17.2 Å². The van der Waals surface area contributed by atoms with E-state index in [9.17, 15) is 4.79 Å². The summed E-state index contributed by atoms with van der Waals surface area (Å²) in [6, 6.07) is 8.17. The lowest BCUT2D eigenvalue weighted by Gasteiger charge is -2.31. The van der Waals surface area contributed by atoms with E-state index in [2.05, 4.69) is 22.0 Å². The highest BCUT2D eigenvalue weighted by atomic mass is 16.1. The molecule has 1 heterocycles. The molecule has 0 spiro atoms. The second kappa shape index (κ2) is 7.08. The average molecular weight is 289 g/mol. The standard InChI is InChI=1S/C15H23N5O/c16-14(21)13-5-2-6-20(10-13)9-12-4-1-3-11(7-12)8-19-15(17)18/h1,3-4,7,13H,2,5-6,8-10H2,(H2,16,21)(H4,17,18,19). The van der Waals surface area contributed by atoms with E-state index in [1.54, 1.807) is 0 Å². The molecule has 0 saturated carbocycles. The zero-order chi connectivity index (χ0) is 15.2. The molecule has 0 bridgehead atoms. The molecule has 1 fully saturated rings. The molecule has 0 aromatic heterocycles. The lowest BCUT2D eigenvalue weighted by molar-refractivity contribution is -0.123. The van der Waals surface area contributed by atoms with Gasteiger partial charge in [-0.1, -0.05) is 24.3 Å². The lowest BCUT2D eigenvalue weighted by Crippen LogP contribution is -2.40. The van der Waals surface area contributed by atoms with Gasteiger partial charge < -0.3 is 17.2 Å². The number of likely N-dealkylation sites (tertiary alicyclic amines) is 1. The summed E-state index contributed by atoms with van der Waals surface area (Å²) in [5.41, 5.74) is 18.4. The van der Waals surface area contributed by atoms with Crippen LogP contribution in [-0.2, 0) is 17.9 Å². The summed E-state index contributed by atoms with van der Waals surface area (Å²) in [6.07, 6.45) is 1.91. The topological polar surface area (TPSA) is 111 Å². The third-order valence-electron chi connectivity index (χ3n) is 3.75. The number of nitrogens with zero attached hydrogens (tertiary/aromatic N) is 2. The zero-order valence-corrected chi connectivity index (χ0v) is 12.2. The number of hydrogen-bond donors (Lipinski definition) is 3. The Labute approximate surface area is 125 Å². The summed E-state index contributed by atoms with van der Waals surface area (Å²) in [5.74, 6) is -0.120. The molecular formula is C15H23N5O. The highest BCUT2D eigenvalue weighted by Crippen LogP contribution is 2.18. The van der Waals surface area contributed by atoms with Gasteiger partial charge in [0.15, 0.2) is 5.96 Å². The van der Waals surface area contributed by atoms with Crippen molar-refractivity contribution in [3.8, 4) is 0 Å². The van der Waals surface area contributed by atoms with Crippen molar-refractivity contribution in [2.24, 2.45) is 28.1 Å². The number of amides is 1. The molecule has 6 N–H and O–H groups in total. The summed E-state index contributed by atoms with van der Waals surface area (Å²) in [4.78, 5) is 17.6. The van der Waals surface area contributed by atoms with Crippen LogP contribution in [0.25, 0.3) is 0 Å². The number of carbonyl (C=O) groups excluding carboxylic acids is 1. The van der Waals surface area contributed by atoms with Crippen LogP contribution in [0.2, 0.25) is 0 Å². The molecule has 21 heavy (non-hydrogen) atoms. The Kier molecular flexibility index (Phi) is 5.16. The molecule has 6 heteroatoms. The van der Waals surface area contributed by atoms with Crippen molar-refractivity contribution in [2.45, 2.75) is 25.9 Å². The Morgan fingerprint density at radius 3 is 2.76 bits per heavy atom. The van der Waals surface area contributed by atoms with E-state index in [0.29, 0.717) is 6.54 Å². The summed E-state index contributed by atoms with van der Waals surface area (Å²) in [7, 11) is 0. The highest BCUT2D eigenvalue weighted by Gasteiger charge is 2.23. The van der Waals surface area contributed by atoms with Gasteiger partial charge in [-0.2, -0.15) is 0 Å². The monoisotopic (exact) mass is 289 g/mol. The van der Waals surface area contributed by atoms with Gasteiger partial charge in [-0.15, -0.1) is 0 Å². The molecule has 1 aromatic carbocycles. The van der Waals surface area contributed by atoms with E-state index in [-0.39, 0.29) is 17.8 Å². The Hall–Kier alpha value is -2.08. The molecule has 114 valence electrons. The van der Waals surface area contributed by atoms with Crippen LogP contribution in [0.4, 0.5) is 0 Å². The number of rotatable bonds is 5. The second-order valence-corrected chi connectivity index (χ2v) is 5.54. The van der Waals surface area contributed by atoms with Crippen molar-refractivity contribution in [1.82, 2.24) is 4.90 Å². The zero-order valence-electron chi connectivity index (χ0n) is 12.2. The van der Waals surface area contributed by atoms with Crippen molar-refractivity contribution in [3.63, 3.8) is 0 Å². The van der Waals surface area contributed by atoms with Crippen molar-refractivity contribution >= 4 is 11.9 Å². The van der Waals surface area contributed by atoms with Gasteiger partial charge in [-0.3, -0.25) is 9.69 Å². The molecule has 2 rings (SSSR count). The number of carbonyl (C=O) groups is 1. The van der Waals surface area contributed by atoms with Crippen LogP contribution in [-0.4, -0.2) is 29.9 Å². The van der Waals surface area contributed by atoms with Gasteiger partial charge in [-0.25, -0.2) is 4.99 Å². The first-order chi connectivity index (χ1) is 10.0. The van der Waals surface area contributed by atoms with Gasteiger partial charge in [0.2, 0.25) is 5.91 Å². The van der Waals surface area contributed by atoms with Crippen molar-refractivity contribution in [3.05, 3.63) is 35.4 Å².